The molecule has 4 nitrogen and oxygen atoms in total. The fraction of sp³-hybridized carbons (Fsp3) is 0.136. The molecule has 4 rings (SSSR count). The van der Waals surface area contributed by atoms with Gasteiger partial charge in [0, 0.05) is 10.7 Å². The second-order valence-electron chi connectivity index (χ2n) is 6.40. The van der Waals surface area contributed by atoms with Crippen molar-refractivity contribution in [1.82, 2.24) is 0 Å². The Bertz CT molecular complexity index is 976. The van der Waals surface area contributed by atoms with Crippen LogP contribution < -0.4 is 9.64 Å². The van der Waals surface area contributed by atoms with Gasteiger partial charge in [0.25, 0.3) is 5.91 Å². The molecular weight excluding hydrogens is 381 g/mol. The van der Waals surface area contributed by atoms with E-state index in [0.717, 1.165) is 0 Å². The molecule has 0 N–H and O–H groups in total. The van der Waals surface area contributed by atoms with Gasteiger partial charge < -0.3 is 14.4 Å². The Kier molecular flexibility index (Phi) is 5.28. The topological polar surface area (TPSA) is 38.8 Å². The first-order valence-corrected chi connectivity index (χ1v) is 9.17. The van der Waals surface area contributed by atoms with Crippen LogP contribution in [0.3, 0.4) is 0 Å². The van der Waals surface area contributed by atoms with Crippen molar-refractivity contribution in [3.05, 3.63) is 89.2 Å². The monoisotopic (exact) mass is 397 g/mol. The molecule has 142 valence electrons. The molecule has 1 fully saturated rings. The van der Waals surface area contributed by atoms with Gasteiger partial charge in [-0.15, -0.1) is 0 Å². The first-order chi connectivity index (χ1) is 13.6. The van der Waals surface area contributed by atoms with Gasteiger partial charge >= 0.3 is 0 Å². The normalized spacial score (nSPS) is 16.9. The molecule has 0 aliphatic carbocycles. The van der Waals surface area contributed by atoms with E-state index in [1.54, 1.807) is 65.6 Å². The summed E-state index contributed by atoms with van der Waals surface area (Å²) in [5.74, 6) is 0.778. The standard InChI is InChI=1S/C22H17ClFNO3/c23-16-4-8-19(9-5-16)28-20-10-6-18(7-11-20)25-21(13-27-14-22(25)26)15-2-1-3-17(24)12-15/h1-12,21H,13-14H2/t21-/m1/s1. The molecule has 1 aliphatic rings. The Balaban J connectivity index is 1.58. The zero-order valence-electron chi connectivity index (χ0n) is 14.8. The third-order valence-corrected chi connectivity index (χ3v) is 4.73. The molecule has 3 aromatic rings. The molecule has 0 unspecified atom stereocenters. The fourth-order valence-corrected chi connectivity index (χ4v) is 3.30. The average Bonchev–Trinajstić information content (AvgIpc) is 2.70. The van der Waals surface area contributed by atoms with E-state index in [2.05, 4.69) is 0 Å². The lowest BCUT2D eigenvalue weighted by Crippen LogP contribution is -2.44. The second-order valence-corrected chi connectivity index (χ2v) is 6.84. The van der Waals surface area contributed by atoms with Crippen molar-refractivity contribution < 1.29 is 18.7 Å². The van der Waals surface area contributed by atoms with E-state index in [1.165, 1.54) is 12.1 Å². The minimum atomic E-state index is -0.389. The number of morpholine rings is 1. The average molecular weight is 398 g/mol. The maximum Gasteiger partial charge on any atom is 0.253 e. The number of ether oxygens (including phenoxy) is 2. The van der Waals surface area contributed by atoms with E-state index in [0.29, 0.717) is 34.4 Å². The zero-order valence-corrected chi connectivity index (χ0v) is 15.6. The predicted molar refractivity (Wildman–Crippen MR) is 105 cm³/mol. The molecule has 1 amide bonds. The molecule has 0 spiro atoms. The summed E-state index contributed by atoms with van der Waals surface area (Å²) in [6, 6.07) is 20.1. The fourth-order valence-electron chi connectivity index (χ4n) is 3.17. The molecule has 3 aromatic carbocycles. The van der Waals surface area contributed by atoms with Crippen LogP contribution in [-0.4, -0.2) is 19.1 Å². The Morgan fingerprint density at radius 1 is 1.00 bits per heavy atom. The van der Waals surface area contributed by atoms with Crippen LogP contribution in [0.1, 0.15) is 11.6 Å². The summed E-state index contributed by atoms with van der Waals surface area (Å²) >= 11 is 5.88. The van der Waals surface area contributed by atoms with Gasteiger partial charge in [0.2, 0.25) is 0 Å². The summed E-state index contributed by atoms with van der Waals surface area (Å²) in [6.45, 7) is 0.299. The van der Waals surface area contributed by atoms with Crippen LogP contribution in [-0.2, 0) is 9.53 Å². The quantitative estimate of drug-likeness (QED) is 0.593. The number of carbonyl (C=O) groups excluding carboxylic acids is 1. The van der Waals surface area contributed by atoms with Crippen molar-refractivity contribution in [3.8, 4) is 11.5 Å². The Morgan fingerprint density at radius 3 is 2.36 bits per heavy atom. The molecule has 1 saturated heterocycles. The molecule has 0 radical (unpaired) electrons. The smallest absolute Gasteiger partial charge is 0.253 e. The number of hydrogen-bond donors (Lipinski definition) is 0. The van der Waals surface area contributed by atoms with Crippen LogP contribution in [0.4, 0.5) is 10.1 Å². The van der Waals surface area contributed by atoms with Gasteiger partial charge in [0.05, 0.1) is 12.6 Å². The highest BCUT2D eigenvalue weighted by molar-refractivity contribution is 6.30. The molecular formula is C22H17ClFNO3. The van der Waals surface area contributed by atoms with Crippen molar-refractivity contribution >= 4 is 23.2 Å². The molecule has 0 bridgehead atoms. The summed E-state index contributed by atoms with van der Waals surface area (Å²) < 4.78 is 24.9. The predicted octanol–water partition coefficient (Wildman–Crippen LogP) is 5.38. The lowest BCUT2D eigenvalue weighted by molar-refractivity contribution is -0.127. The van der Waals surface area contributed by atoms with Crippen LogP contribution >= 0.6 is 11.6 Å². The van der Waals surface area contributed by atoms with Crippen LogP contribution in [0.2, 0.25) is 5.02 Å². The third-order valence-electron chi connectivity index (χ3n) is 4.48. The zero-order chi connectivity index (χ0) is 19.5. The van der Waals surface area contributed by atoms with Crippen LogP contribution in [0.5, 0.6) is 11.5 Å². The molecule has 0 saturated carbocycles. The van der Waals surface area contributed by atoms with E-state index in [9.17, 15) is 9.18 Å². The highest BCUT2D eigenvalue weighted by Gasteiger charge is 2.31. The summed E-state index contributed by atoms with van der Waals surface area (Å²) in [6.07, 6.45) is 0. The highest BCUT2D eigenvalue weighted by atomic mass is 35.5. The van der Waals surface area contributed by atoms with Crippen molar-refractivity contribution in [2.75, 3.05) is 18.1 Å². The number of anilines is 1. The van der Waals surface area contributed by atoms with Crippen LogP contribution in [0.15, 0.2) is 72.8 Å². The van der Waals surface area contributed by atoms with E-state index in [4.69, 9.17) is 21.1 Å². The Labute approximate surface area is 167 Å². The molecule has 28 heavy (non-hydrogen) atoms. The van der Waals surface area contributed by atoms with Gasteiger partial charge in [-0.05, 0) is 66.2 Å². The Morgan fingerprint density at radius 2 is 1.68 bits per heavy atom. The lowest BCUT2D eigenvalue weighted by Gasteiger charge is -2.35. The lowest BCUT2D eigenvalue weighted by atomic mass is 10.0. The number of amides is 1. The summed E-state index contributed by atoms with van der Waals surface area (Å²) in [4.78, 5) is 14.2. The summed E-state index contributed by atoms with van der Waals surface area (Å²) in [7, 11) is 0. The van der Waals surface area contributed by atoms with Crippen molar-refractivity contribution in [1.29, 1.82) is 0 Å². The van der Waals surface area contributed by atoms with Crippen LogP contribution in [0, 0.1) is 5.82 Å². The Hall–Kier alpha value is -2.89. The maximum absolute atomic E-state index is 13.7. The van der Waals surface area contributed by atoms with E-state index >= 15 is 0 Å². The summed E-state index contributed by atoms with van der Waals surface area (Å²) in [5.41, 5.74) is 1.39. The van der Waals surface area contributed by atoms with E-state index < -0.39 is 0 Å². The van der Waals surface area contributed by atoms with Gasteiger partial charge in [-0.3, -0.25) is 4.79 Å². The number of benzene rings is 3. The molecule has 1 heterocycles. The van der Waals surface area contributed by atoms with Gasteiger partial charge in [-0.1, -0.05) is 23.7 Å². The van der Waals surface area contributed by atoms with Crippen molar-refractivity contribution in [2.24, 2.45) is 0 Å². The minimum Gasteiger partial charge on any atom is -0.457 e. The molecule has 1 aliphatic heterocycles. The highest BCUT2D eigenvalue weighted by Crippen LogP contribution is 2.33. The third kappa shape index (κ3) is 4.01. The first-order valence-electron chi connectivity index (χ1n) is 8.79. The van der Waals surface area contributed by atoms with Crippen molar-refractivity contribution in [3.63, 3.8) is 0 Å². The molecule has 0 aromatic heterocycles. The molecule has 6 heteroatoms. The van der Waals surface area contributed by atoms with Gasteiger partial charge in [-0.25, -0.2) is 4.39 Å². The summed E-state index contributed by atoms with van der Waals surface area (Å²) in [5, 5.41) is 0.636. The number of nitrogens with zero attached hydrogens (tertiary/aromatic N) is 1. The molecule has 1 atom stereocenters. The number of halogens is 2. The second kappa shape index (κ2) is 8.00. The van der Waals surface area contributed by atoms with Gasteiger partial charge in [0.15, 0.2) is 0 Å². The van der Waals surface area contributed by atoms with Crippen molar-refractivity contribution in [2.45, 2.75) is 6.04 Å². The number of carbonyl (C=O) groups is 1. The minimum absolute atomic E-state index is 0.00512. The SMILES string of the molecule is O=C1COC[C@H](c2cccc(F)c2)N1c1ccc(Oc2ccc(Cl)cc2)cc1. The van der Waals surface area contributed by atoms with Gasteiger partial charge in [0.1, 0.15) is 23.9 Å². The van der Waals surface area contributed by atoms with Crippen LogP contribution in [0.25, 0.3) is 0 Å². The van der Waals surface area contributed by atoms with Gasteiger partial charge in [-0.2, -0.15) is 0 Å². The number of hydrogen-bond acceptors (Lipinski definition) is 3. The number of rotatable bonds is 4. The van der Waals surface area contributed by atoms with E-state index in [-0.39, 0.29) is 24.4 Å². The first kappa shape index (κ1) is 18.5. The van der Waals surface area contributed by atoms with E-state index in [1.807, 2.05) is 0 Å². The largest absolute Gasteiger partial charge is 0.457 e. The maximum atomic E-state index is 13.7.